The van der Waals surface area contributed by atoms with Gasteiger partial charge in [-0.3, -0.25) is 4.79 Å². The van der Waals surface area contributed by atoms with E-state index in [0.29, 0.717) is 5.56 Å². The molecular formula is C26H31N3O3S. The summed E-state index contributed by atoms with van der Waals surface area (Å²) in [6.45, 7) is 0. The fraction of sp³-hybridized carbons (Fsp3) is 0.500. The molecule has 1 amide bonds. The Balaban J connectivity index is 1.17. The van der Waals surface area contributed by atoms with Gasteiger partial charge in [-0.1, -0.05) is 12.1 Å². The molecule has 0 atom stereocenters. The number of benzene rings is 2. The molecule has 7 rings (SSSR count). The SMILES string of the molecule is O=C(Nc1ccccc1NC12CC3CC(CC(C3)C1)C2)c1ccc(S(=O)(=O)NC2CC2)cc1. The Morgan fingerprint density at radius 1 is 0.818 bits per heavy atom. The van der Waals surface area contributed by atoms with Crippen molar-refractivity contribution in [3.8, 4) is 0 Å². The average Bonchev–Trinajstić information content (AvgIpc) is 3.57. The Bertz CT molecular complexity index is 1140. The van der Waals surface area contributed by atoms with Gasteiger partial charge < -0.3 is 10.6 Å². The molecule has 0 spiro atoms. The van der Waals surface area contributed by atoms with Crippen molar-refractivity contribution in [1.82, 2.24) is 4.72 Å². The van der Waals surface area contributed by atoms with Crippen LogP contribution in [0.25, 0.3) is 0 Å². The molecule has 2 aromatic carbocycles. The largest absolute Gasteiger partial charge is 0.378 e. The lowest BCUT2D eigenvalue weighted by Crippen LogP contribution is -2.54. The third-order valence-corrected chi connectivity index (χ3v) is 9.48. The zero-order valence-corrected chi connectivity index (χ0v) is 19.5. The Hall–Kier alpha value is -2.38. The van der Waals surface area contributed by atoms with Crippen LogP contribution in [0.1, 0.15) is 61.7 Å². The van der Waals surface area contributed by atoms with Crippen LogP contribution in [0.15, 0.2) is 53.4 Å². The van der Waals surface area contributed by atoms with E-state index >= 15 is 0 Å². The maximum atomic E-state index is 13.0. The summed E-state index contributed by atoms with van der Waals surface area (Å²) in [5.41, 5.74) is 2.33. The van der Waals surface area contributed by atoms with Crippen LogP contribution >= 0.6 is 0 Å². The topological polar surface area (TPSA) is 87.3 Å². The molecule has 6 nitrogen and oxygen atoms in total. The van der Waals surface area contributed by atoms with E-state index in [1.54, 1.807) is 12.1 Å². The summed E-state index contributed by atoms with van der Waals surface area (Å²) in [6.07, 6.45) is 9.63. The molecule has 0 saturated heterocycles. The second-order valence-corrected chi connectivity index (χ2v) is 12.5. The smallest absolute Gasteiger partial charge is 0.255 e. The monoisotopic (exact) mass is 465 g/mol. The molecule has 0 aliphatic heterocycles. The molecule has 0 radical (unpaired) electrons. The lowest BCUT2D eigenvalue weighted by atomic mass is 9.53. The minimum absolute atomic E-state index is 0.0518. The van der Waals surface area contributed by atoms with Crippen LogP contribution in [-0.2, 0) is 10.0 Å². The first-order chi connectivity index (χ1) is 15.9. The fourth-order valence-electron chi connectivity index (χ4n) is 6.72. The van der Waals surface area contributed by atoms with E-state index in [-0.39, 0.29) is 22.4 Å². The van der Waals surface area contributed by atoms with E-state index < -0.39 is 10.0 Å². The van der Waals surface area contributed by atoms with Crippen LogP contribution in [0, 0.1) is 17.8 Å². The summed E-state index contributed by atoms with van der Waals surface area (Å²) in [7, 11) is -3.52. The molecule has 5 saturated carbocycles. The summed E-state index contributed by atoms with van der Waals surface area (Å²) >= 11 is 0. The number of para-hydroxylation sites is 2. The Morgan fingerprint density at radius 2 is 1.39 bits per heavy atom. The number of sulfonamides is 1. The average molecular weight is 466 g/mol. The van der Waals surface area contributed by atoms with Crippen LogP contribution in [0.4, 0.5) is 11.4 Å². The minimum Gasteiger partial charge on any atom is -0.378 e. The Kier molecular flexibility index (Phi) is 5.03. The zero-order valence-electron chi connectivity index (χ0n) is 18.7. The van der Waals surface area contributed by atoms with Gasteiger partial charge in [0.2, 0.25) is 10.0 Å². The lowest BCUT2D eigenvalue weighted by Gasteiger charge is -2.57. The van der Waals surface area contributed by atoms with Crippen LogP contribution in [0.2, 0.25) is 0 Å². The number of hydrogen-bond donors (Lipinski definition) is 3. The first-order valence-corrected chi connectivity index (χ1v) is 13.7. The first kappa shape index (κ1) is 21.2. The van der Waals surface area contributed by atoms with Crippen molar-refractivity contribution in [3.05, 3.63) is 54.1 Å². The molecule has 174 valence electrons. The summed E-state index contributed by atoms with van der Waals surface area (Å²) in [5, 5.41) is 6.91. The fourth-order valence-corrected chi connectivity index (χ4v) is 8.02. The maximum absolute atomic E-state index is 13.0. The van der Waals surface area contributed by atoms with Gasteiger partial charge in [-0.15, -0.1) is 0 Å². The van der Waals surface area contributed by atoms with Crippen molar-refractivity contribution in [3.63, 3.8) is 0 Å². The molecule has 7 heteroatoms. The van der Waals surface area contributed by atoms with E-state index in [4.69, 9.17) is 0 Å². The van der Waals surface area contributed by atoms with Crippen molar-refractivity contribution in [2.75, 3.05) is 10.6 Å². The third-order valence-electron chi connectivity index (χ3n) is 7.94. The molecule has 0 unspecified atom stereocenters. The Labute approximate surface area is 195 Å². The Morgan fingerprint density at radius 3 is 1.97 bits per heavy atom. The van der Waals surface area contributed by atoms with Gasteiger partial charge >= 0.3 is 0 Å². The quantitative estimate of drug-likeness (QED) is 0.550. The molecular weight excluding hydrogens is 434 g/mol. The van der Waals surface area contributed by atoms with Gasteiger partial charge in [0.1, 0.15) is 0 Å². The summed E-state index contributed by atoms with van der Waals surface area (Å²) in [4.78, 5) is 13.2. The van der Waals surface area contributed by atoms with Crippen LogP contribution in [0.3, 0.4) is 0 Å². The normalized spacial score (nSPS) is 30.2. The van der Waals surface area contributed by atoms with Crippen molar-refractivity contribution in [1.29, 1.82) is 0 Å². The minimum atomic E-state index is -3.52. The van der Waals surface area contributed by atoms with Gasteiger partial charge in [0, 0.05) is 17.1 Å². The predicted molar refractivity (Wildman–Crippen MR) is 129 cm³/mol. The van der Waals surface area contributed by atoms with Gasteiger partial charge in [0.05, 0.1) is 16.3 Å². The summed E-state index contributed by atoms with van der Waals surface area (Å²) < 4.78 is 27.4. The zero-order chi connectivity index (χ0) is 22.6. The molecule has 3 N–H and O–H groups in total. The van der Waals surface area contributed by atoms with Crippen molar-refractivity contribution >= 4 is 27.3 Å². The molecule has 0 heterocycles. The standard InChI is InChI=1S/C26H31N3O3S/c30-25(20-5-9-22(10-6-20)33(31,32)29-21-7-8-21)27-23-3-1-2-4-24(23)28-26-14-17-11-18(15-26)13-19(12-17)16-26/h1-6,9-10,17-19,21,28-29H,7-8,11-16H2,(H,27,30). The predicted octanol–water partition coefficient (Wildman–Crippen LogP) is 4.76. The van der Waals surface area contributed by atoms with E-state index in [9.17, 15) is 13.2 Å². The van der Waals surface area contributed by atoms with Gasteiger partial charge in [-0.05, 0) is 106 Å². The van der Waals surface area contributed by atoms with Crippen molar-refractivity contribution in [2.24, 2.45) is 17.8 Å². The number of nitrogens with one attached hydrogen (secondary N) is 3. The number of carbonyl (C=O) groups excluding carboxylic acids is 1. The van der Waals surface area contributed by atoms with E-state index in [1.165, 1.54) is 50.7 Å². The molecule has 5 aliphatic rings. The molecule has 0 aromatic heterocycles. The molecule has 5 fully saturated rings. The van der Waals surface area contributed by atoms with Gasteiger partial charge in [0.25, 0.3) is 5.91 Å². The number of hydrogen-bond acceptors (Lipinski definition) is 4. The summed E-state index contributed by atoms with van der Waals surface area (Å²) in [5.74, 6) is 2.29. The molecule has 33 heavy (non-hydrogen) atoms. The van der Waals surface area contributed by atoms with Gasteiger partial charge in [-0.2, -0.15) is 0 Å². The molecule has 4 bridgehead atoms. The van der Waals surface area contributed by atoms with E-state index in [1.807, 2.05) is 24.3 Å². The number of carbonyl (C=O) groups is 1. The van der Waals surface area contributed by atoms with Crippen LogP contribution in [0.5, 0.6) is 0 Å². The molecule has 5 aliphatic carbocycles. The number of rotatable bonds is 7. The highest BCUT2D eigenvalue weighted by atomic mass is 32.2. The van der Waals surface area contributed by atoms with E-state index in [2.05, 4.69) is 15.4 Å². The highest BCUT2D eigenvalue weighted by molar-refractivity contribution is 7.89. The molecule has 2 aromatic rings. The van der Waals surface area contributed by atoms with Crippen LogP contribution < -0.4 is 15.4 Å². The number of amides is 1. The second-order valence-electron chi connectivity index (χ2n) is 10.7. The maximum Gasteiger partial charge on any atom is 0.255 e. The second kappa shape index (κ2) is 7.84. The summed E-state index contributed by atoms with van der Waals surface area (Å²) in [6, 6.07) is 14.1. The highest BCUT2D eigenvalue weighted by Crippen LogP contribution is 2.56. The van der Waals surface area contributed by atoms with Gasteiger partial charge in [0.15, 0.2) is 0 Å². The number of anilines is 2. The van der Waals surface area contributed by atoms with E-state index in [0.717, 1.165) is 42.0 Å². The van der Waals surface area contributed by atoms with Crippen LogP contribution in [-0.4, -0.2) is 25.9 Å². The van der Waals surface area contributed by atoms with Gasteiger partial charge in [-0.25, -0.2) is 13.1 Å². The third kappa shape index (κ3) is 4.28. The first-order valence-electron chi connectivity index (χ1n) is 12.2. The van der Waals surface area contributed by atoms with Crippen molar-refractivity contribution in [2.45, 2.75) is 67.8 Å². The highest BCUT2D eigenvalue weighted by Gasteiger charge is 2.51. The van der Waals surface area contributed by atoms with Crippen molar-refractivity contribution < 1.29 is 13.2 Å². The lowest BCUT2D eigenvalue weighted by molar-refractivity contribution is 0.0107.